The van der Waals surface area contributed by atoms with Crippen LogP contribution in [0.5, 0.6) is 11.6 Å². The van der Waals surface area contributed by atoms with Crippen molar-refractivity contribution in [2.45, 2.75) is 25.9 Å². The fourth-order valence-corrected chi connectivity index (χ4v) is 2.79. The number of para-hydroxylation sites is 1. The smallest absolute Gasteiger partial charge is 0.257 e. The molecule has 24 heavy (non-hydrogen) atoms. The molecule has 1 aliphatic heterocycles. The first-order valence-electron chi connectivity index (χ1n) is 8.23. The first-order chi connectivity index (χ1) is 11.8. The Morgan fingerprint density at radius 1 is 1.21 bits per heavy atom. The molecule has 0 saturated carbocycles. The van der Waals surface area contributed by atoms with E-state index < -0.39 is 0 Å². The van der Waals surface area contributed by atoms with Crippen LogP contribution in [0.3, 0.4) is 0 Å². The largest absolute Gasteiger partial charge is 0.493 e. The molecule has 1 amide bonds. The molecular weight excluding hydrogens is 306 g/mol. The number of benzene rings is 1. The van der Waals surface area contributed by atoms with E-state index in [1.165, 1.54) is 0 Å². The van der Waals surface area contributed by atoms with Crippen LogP contribution in [-0.2, 0) is 0 Å². The van der Waals surface area contributed by atoms with Crippen molar-refractivity contribution >= 4 is 5.91 Å². The van der Waals surface area contributed by atoms with Gasteiger partial charge in [0.25, 0.3) is 5.91 Å². The molecule has 0 atom stereocenters. The van der Waals surface area contributed by atoms with Crippen LogP contribution in [0.1, 0.15) is 30.1 Å². The number of likely N-dealkylation sites (tertiary alicyclic amines) is 1. The van der Waals surface area contributed by atoms with E-state index in [0.717, 1.165) is 12.8 Å². The summed E-state index contributed by atoms with van der Waals surface area (Å²) >= 11 is 0. The molecule has 0 aliphatic carbocycles. The molecule has 1 saturated heterocycles. The van der Waals surface area contributed by atoms with Crippen molar-refractivity contribution in [3.05, 3.63) is 48.2 Å². The molecule has 1 aromatic carbocycles. The lowest BCUT2D eigenvalue weighted by Crippen LogP contribution is -2.42. The minimum atomic E-state index is 0.0111. The van der Waals surface area contributed by atoms with Gasteiger partial charge in [0.1, 0.15) is 11.9 Å². The van der Waals surface area contributed by atoms with Crippen molar-refractivity contribution in [1.82, 2.24) is 15.1 Å². The number of rotatable bonds is 5. The van der Waals surface area contributed by atoms with E-state index in [1.807, 2.05) is 36.1 Å². The van der Waals surface area contributed by atoms with Gasteiger partial charge in [-0.2, -0.15) is 5.10 Å². The van der Waals surface area contributed by atoms with E-state index in [2.05, 4.69) is 10.2 Å². The highest BCUT2D eigenvalue weighted by molar-refractivity contribution is 5.97. The van der Waals surface area contributed by atoms with Crippen LogP contribution in [-0.4, -0.2) is 46.8 Å². The average molecular weight is 327 g/mol. The molecule has 126 valence electrons. The maximum atomic E-state index is 12.7. The molecule has 1 aromatic heterocycles. The van der Waals surface area contributed by atoms with E-state index in [9.17, 15) is 4.79 Å². The minimum Gasteiger partial charge on any atom is -0.493 e. The standard InChI is InChI=1S/C18H21N3O3/c1-2-23-16-7-4-3-6-15(16)18(22)21-12-9-14(10-13-21)24-17-8-5-11-19-20-17/h3-8,11,14H,2,9-10,12-13H2,1H3. The van der Waals surface area contributed by atoms with Crippen LogP contribution in [0.4, 0.5) is 0 Å². The van der Waals surface area contributed by atoms with Crippen molar-refractivity contribution in [3.8, 4) is 11.6 Å². The summed E-state index contributed by atoms with van der Waals surface area (Å²) in [5, 5.41) is 7.74. The van der Waals surface area contributed by atoms with Crippen LogP contribution in [0.25, 0.3) is 0 Å². The second-order valence-corrected chi connectivity index (χ2v) is 5.60. The topological polar surface area (TPSA) is 64.5 Å². The molecule has 6 nitrogen and oxygen atoms in total. The minimum absolute atomic E-state index is 0.0111. The van der Waals surface area contributed by atoms with Crippen LogP contribution in [0, 0.1) is 0 Å². The summed E-state index contributed by atoms with van der Waals surface area (Å²) in [4.78, 5) is 14.6. The summed E-state index contributed by atoms with van der Waals surface area (Å²) in [6.07, 6.45) is 3.23. The number of hydrogen-bond donors (Lipinski definition) is 0. The molecule has 3 rings (SSSR count). The van der Waals surface area contributed by atoms with E-state index in [1.54, 1.807) is 18.3 Å². The predicted molar refractivity (Wildman–Crippen MR) is 89.2 cm³/mol. The summed E-state index contributed by atoms with van der Waals surface area (Å²) in [6, 6.07) is 11.0. The quantitative estimate of drug-likeness (QED) is 0.844. The molecule has 2 aromatic rings. The van der Waals surface area contributed by atoms with Gasteiger partial charge in [-0.05, 0) is 25.1 Å². The number of hydrogen-bond acceptors (Lipinski definition) is 5. The lowest BCUT2D eigenvalue weighted by Gasteiger charge is -2.32. The Bertz CT molecular complexity index is 670. The van der Waals surface area contributed by atoms with Crippen LogP contribution >= 0.6 is 0 Å². The average Bonchev–Trinajstić information content (AvgIpc) is 2.63. The van der Waals surface area contributed by atoms with Crippen LogP contribution in [0.2, 0.25) is 0 Å². The number of carbonyl (C=O) groups excluding carboxylic acids is 1. The Balaban J connectivity index is 1.59. The number of carbonyl (C=O) groups is 1. The van der Waals surface area contributed by atoms with Crippen molar-refractivity contribution in [1.29, 1.82) is 0 Å². The fraction of sp³-hybridized carbons (Fsp3) is 0.389. The second-order valence-electron chi connectivity index (χ2n) is 5.60. The number of ether oxygens (including phenoxy) is 2. The molecule has 0 spiro atoms. The monoisotopic (exact) mass is 327 g/mol. The van der Waals surface area contributed by atoms with E-state index >= 15 is 0 Å². The Morgan fingerprint density at radius 3 is 2.71 bits per heavy atom. The lowest BCUT2D eigenvalue weighted by molar-refractivity contribution is 0.0582. The predicted octanol–water partition coefficient (Wildman–Crippen LogP) is 2.56. The second kappa shape index (κ2) is 7.77. The van der Waals surface area contributed by atoms with Gasteiger partial charge in [0, 0.05) is 38.2 Å². The number of aromatic nitrogens is 2. The Kier molecular flexibility index (Phi) is 5.25. The zero-order chi connectivity index (χ0) is 16.8. The maximum absolute atomic E-state index is 12.7. The fourth-order valence-electron chi connectivity index (χ4n) is 2.79. The Morgan fingerprint density at radius 2 is 2.00 bits per heavy atom. The summed E-state index contributed by atoms with van der Waals surface area (Å²) in [7, 11) is 0. The Hall–Kier alpha value is -2.63. The van der Waals surface area contributed by atoms with Crippen molar-refractivity contribution in [3.63, 3.8) is 0 Å². The van der Waals surface area contributed by atoms with Gasteiger partial charge in [-0.1, -0.05) is 12.1 Å². The molecule has 0 unspecified atom stereocenters. The molecule has 2 heterocycles. The summed E-state index contributed by atoms with van der Waals surface area (Å²) in [6.45, 7) is 3.77. The van der Waals surface area contributed by atoms with Crippen molar-refractivity contribution < 1.29 is 14.3 Å². The summed E-state index contributed by atoms with van der Waals surface area (Å²) in [5.74, 6) is 1.18. The number of nitrogens with zero attached hydrogens (tertiary/aromatic N) is 3. The molecular formula is C18H21N3O3. The first-order valence-corrected chi connectivity index (χ1v) is 8.23. The van der Waals surface area contributed by atoms with Gasteiger partial charge in [0.2, 0.25) is 5.88 Å². The van der Waals surface area contributed by atoms with E-state index in [-0.39, 0.29) is 12.0 Å². The highest BCUT2D eigenvalue weighted by Gasteiger charge is 2.26. The maximum Gasteiger partial charge on any atom is 0.257 e. The van der Waals surface area contributed by atoms with Crippen molar-refractivity contribution in [2.24, 2.45) is 0 Å². The van der Waals surface area contributed by atoms with Gasteiger partial charge >= 0.3 is 0 Å². The number of piperidine rings is 1. The molecule has 6 heteroatoms. The van der Waals surface area contributed by atoms with Gasteiger partial charge in [-0.3, -0.25) is 4.79 Å². The van der Waals surface area contributed by atoms with Gasteiger partial charge < -0.3 is 14.4 Å². The summed E-state index contributed by atoms with van der Waals surface area (Å²) in [5.41, 5.74) is 0.618. The molecule has 1 fully saturated rings. The third-order valence-corrected chi connectivity index (χ3v) is 3.98. The molecule has 1 aliphatic rings. The highest BCUT2D eigenvalue weighted by Crippen LogP contribution is 2.23. The molecule has 0 radical (unpaired) electrons. The van der Waals surface area contributed by atoms with E-state index in [4.69, 9.17) is 9.47 Å². The Labute approximate surface area is 141 Å². The van der Waals surface area contributed by atoms with Crippen LogP contribution < -0.4 is 9.47 Å². The van der Waals surface area contributed by atoms with Gasteiger partial charge in [0.15, 0.2) is 0 Å². The zero-order valence-corrected chi connectivity index (χ0v) is 13.7. The molecule has 0 N–H and O–H groups in total. The van der Waals surface area contributed by atoms with Gasteiger partial charge in [0.05, 0.1) is 12.2 Å². The number of amides is 1. The van der Waals surface area contributed by atoms with Gasteiger partial charge in [-0.15, -0.1) is 5.10 Å². The third-order valence-electron chi connectivity index (χ3n) is 3.98. The SMILES string of the molecule is CCOc1ccccc1C(=O)N1CCC(Oc2cccnn2)CC1. The first kappa shape index (κ1) is 16.2. The van der Waals surface area contributed by atoms with E-state index in [0.29, 0.717) is 36.9 Å². The highest BCUT2D eigenvalue weighted by atomic mass is 16.5. The normalized spacial score (nSPS) is 15.1. The molecule has 0 bridgehead atoms. The zero-order valence-electron chi connectivity index (χ0n) is 13.7. The lowest BCUT2D eigenvalue weighted by atomic mass is 10.1. The van der Waals surface area contributed by atoms with Gasteiger partial charge in [-0.25, -0.2) is 0 Å². The van der Waals surface area contributed by atoms with Crippen molar-refractivity contribution in [2.75, 3.05) is 19.7 Å². The third kappa shape index (κ3) is 3.82. The van der Waals surface area contributed by atoms with Crippen LogP contribution in [0.15, 0.2) is 42.6 Å². The summed E-state index contributed by atoms with van der Waals surface area (Å²) < 4.78 is 11.4.